The van der Waals surface area contributed by atoms with Gasteiger partial charge in [0.2, 0.25) is 0 Å². The Labute approximate surface area is 123 Å². The van der Waals surface area contributed by atoms with E-state index in [-0.39, 0.29) is 6.61 Å². The van der Waals surface area contributed by atoms with Crippen LogP contribution in [0.2, 0.25) is 0 Å². The van der Waals surface area contributed by atoms with Gasteiger partial charge in [-0.1, -0.05) is 6.92 Å². The standard InChI is InChI=1S/C14H22BrN3O/c1-3-13-9-17(2)5-4-6-18(13)14-11(10-19)7-12(15)8-16-14/h7-8,13,19H,3-6,9-10H2,1-2H3. The number of halogens is 1. The fourth-order valence-corrected chi connectivity index (χ4v) is 3.10. The van der Waals surface area contributed by atoms with Gasteiger partial charge in [0.25, 0.3) is 0 Å². The third-order valence-electron chi connectivity index (χ3n) is 3.73. The summed E-state index contributed by atoms with van der Waals surface area (Å²) in [5, 5.41) is 9.56. The van der Waals surface area contributed by atoms with Crippen molar-refractivity contribution in [2.75, 3.05) is 31.6 Å². The molecule has 1 aromatic heterocycles. The van der Waals surface area contributed by atoms with Gasteiger partial charge in [0.15, 0.2) is 0 Å². The van der Waals surface area contributed by atoms with Crippen LogP contribution >= 0.6 is 15.9 Å². The minimum atomic E-state index is 0.0323. The molecular weight excluding hydrogens is 306 g/mol. The van der Waals surface area contributed by atoms with Crippen LogP contribution in [-0.4, -0.2) is 47.7 Å². The van der Waals surface area contributed by atoms with E-state index in [4.69, 9.17) is 0 Å². The van der Waals surface area contributed by atoms with Crippen LogP contribution in [0.15, 0.2) is 16.7 Å². The van der Waals surface area contributed by atoms with Crippen molar-refractivity contribution < 1.29 is 5.11 Å². The molecule has 1 aliphatic rings. The third kappa shape index (κ3) is 3.46. The summed E-state index contributed by atoms with van der Waals surface area (Å²) in [5.74, 6) is 0.938. The number of hydrogen-bond donors (Lipinski definition) is 1. The zero-order valence-electron chi connectivity index (χ0n) is 11.6. The monoisotopic (exact) mass is 327 g/mol. The predicted molar refractivity (Wildman–Crippen MR) is 81.4 cm³/mol. The van der Waals surface area contributed by atoms with Gasteiger partial charge < -0.3 is 14.9 Å². The Hall–Kier alpha value is -0.650. The maximum Gasteiger partial charge on any atom is 0.134 e. The molecule has 2 heterocycles. The lowest BCUT2D eigenvalue weighted by molar-refractivity contribution is 0.281. The number of aliphatic hydroxyl groups excluding tert-OH is 1. The fourth-order valence-electron chi connectivity index (χ4n) is 2.72. The van der Waals surface area contributed by atoms with Crippen molar-refractivity contribution in [2.24, 2.45) is 0 Å². The van der Waals surface area contributed by atoms with Gasteiger partial charge in [-0.25, -0.2) is 4.98 Å². The van der Waals surface area contributed by atoms with Gasteiger partial charge in [0.05, 0.1) is 6.61 Å². The molecule has 0 saturated carbocycles. The molecule has 1 atom stereocenters. The summed E-state index contributed by atoms with van der Waals surface area (Å²) in [6.45, 7) is 5.43. The first-order chi connectivity index (χ1) is 9.15. The summed E-state index contributed by atoms with van der Waals surface area (Å²) in [4.78, 5) is 9.28. The number of anilines is 1. The Kier molecular flexibility index (Phi) is 5.19. The van der Waals surface area contributed by atoms with Crippen molar-refractivity contribution in [3.05, 3.63) is 22.3 Å². The molecule has 1 unspecified atom stereocenters. The number of rotatable bonds is 3. The normalized spacial score (nSPS) is 21.5. The molecular formula is C14H22BrN3O. The number of likely N-dealkylation sites (N-methyl/N-ethyl adjacent to an activating group) is 1. The van der Waals surface area contributed by atoms with Crippen molar-refractivity contribution in [1.82, 2.24) is 9.88 Å². The van der Waals surface area contributed by atoms with Crippen LogP contribution in [0.3, 0.4) is 0 Å². The van der Waals surface area contributed by atoms with E-state index in [9.17, 15) is 5.11 Å². The Morgan fingerprint density at radius 2 is 2.26 bits per heavy atom. The van der Waals surface area contributed by atoms with E-state index in [1.165, 1.54) is 0 Å². The average molecular weight is 328 g/mol. The Morgan fingerprint density at radius 3 is 2.95 bits per heavy atom. The molecule has 0 aliphatic carbocycles. The molecule has 0 radical (unpaired) electrons. The lowest BCUT2D eigenvalue weighted by atomic mass is 10.1. The third-order valence-corrected chi connectivity index (χ3v) is 4.16. The molecule has 1 fully saturated rings. The smallest absolute Gasteiger partial charge is 0.134 e. The quantitative estimate of drug-likeness (QED) is 0.924. The molecule has 2 rings (SSSR count). The molecule has 0 amide bonds. The van der Waals surface area contributed by atoms with Crippen molar-refractivity contribution in [3.8, 4) is 0 Å². The molecule has 0 spiro atoms. The minimum absolute atomic E-state index is 0.0323. The van der Waals surface area contributed by atoms with E-state index >= 15 is 0 Å². The minimum Gasteiger partial charge on any atom is -0.392 e. The van der Waals surface area contributed by atoms with E-state index in [2.05, 4.69) is 44.7 Å². The molecule has 5 heteroatoms. The van der Waals surface area contributed by atoms with Crippen LogP contribution in [0.1, 0.15) is 25.3 Å². The number of hydrogen-bond acceptors (Lipinski definition) is 4. The first-order valence-corrected chi connectivity index (χ1v) is 7.65. The SMILES string of the molecule is CCC1CN(C)CCCN1c1ncc(Br)cc1CO. The molecule has 1 aliphatic heterocycles. The summed E-state index contributed by atoms with van der Waals surface area (Å²) >= 11 is 3.42. The van der Waals surface area contributed by atoms with E-state index < -0.39 is 0 Å². The van der Waals surface area contributed by atoms with Crippen LogP contribution < -0.4 is 4.90 Å². The Morgan fingerprint density at radius 1 is 1.47 bits per heavy atom. The van der Waals surface area contributed by atoms with Gasteiger partial charge in [-0.15, -0.1) is 0 Å². The topological polar surface area (TPSA) is 39.6 Å². The van der Waals surface area contributed by atoms with Crippen molar-refractivity contribution in [3.63, 3.8) is 0 Å². The van der Waals surface area contributed by atoms with Gasteiger partial charge in [0, 0.05) is 35.4 Å². The van der Waals surface area contributed by atoms with Crippen molar-refractivity contribution in [2.45, 2.75) is 32.4 Å². The zero-order valence-corrected chi connectivity index (χ0v) is 13.2. The van der Waals surface area contributed by atoms with Crippen molar-refractivity contribution >= 4 is 21.7 Å². The van der Waals surface area contributed by atoms with E-state index in [0.717, 1.165) is 48.3 Å². The first-order valence-electron chi connectivity index (χ1n) is 6.86. The highest BCUT2D eigenvalue weighted by Gasteiger charge is 2.24. The highest BCUT2D eigenvalue weighted by atomic mass is 79.9. The van der Waals surface area contributed by atoms with Crippen LogP contribution in [0.25, 0.3) is 0 Å². The molecule has 106 valence electrons. The highest BCUT2D eigenvalue weighted by molar-refractivity contribution is 9.10. The van der Waals surface area contributed by atoms with Gasteiger partial charge in [-0.3, -0.25) is 0 Å². The molecule has 4 nitrogen and oxygen atoms in total. The van der Waals surface area contributed by atoms with E-state index in [0.29, 0.717) is 6.04 Å². The molecule has 0 aromatic carbocycles. The van der Waals surface area contributed by atoms with Crippen LogP contribution in [-0.2, 0) is 6.61 Å². The lowest BCUT2D eigenvalue weighted by Gasteiger charge is -2.32. The lowest BCUT2D eigenvalue weighted by Crippen LogP contribution is -2.40. The van der Waals surface area contributed by atoms with Gasteiger partial charge in [-0.2, -0.15) is 0 Å². The molecule has 0 bridgehead atoms. The molecule has 1 aromatic rings. The molecule has 1 saturated heterocycles. The summed E-state index contributed by atoms with van der Waals surface area (Å²) in [6, 6.07) is 2.43. The molecule has 1 N–H and O–H groups in total. The molecule has 19 heavy (non-hydrogen) atoms. The number of aromatic nitrogens is 1. The Balaban J connectivity index is 2.32. The van der Waals surface area contributed by atoms with Crippen LogP contribution in [0.4, 0.5) is 5.82 Å². The predicted octanol–water partition coefficient (Wildman–Crippen LogP) is 2.26. The maximum atomic E-state index is 9.56. The summed E-state index contributed by atoms with van der Waals surface area (Å²) in [6.07, 6.45) is 4.04. The summed E-state index contributed by atoms with van der Waals surface area (Å²) in [7, 11) is 2.17. The number of aliphatic hydroxyl groups is 1. The number of pyridine rings is 1. The summed E-state index contributed by atoms with van der Waals surface area (Å²) < 4.78 is 0.917. The largest absolute Gasteiger partial charge is 0.392 e. The zero-order chi connectivity index (χ0) is 13.8. The second kappa shape index (κ2) is 6.68. The second-order valence-electron chi connectivity index (χ2n) is 5.17. The van der Waals surface area contributed by atoms with Gasteiger partial charge in [-0.05, 0) is 48.4 Å². The van der Waals surface area contributed by atoms with E-state index in [1.54, 1.807) is 0 Å². The average Bonchev–Trinajstić information content (AvgIpc) is 2.60. The van der Waals surface area contributed by atoms with E-state index in [1.807, 2.05) is 12.3 Å². The van der Waals surface area contributed by atoms with Gasteiger partial charge in [0.1, 0.15) is 5.82 Å². The highest BCUT2D eigenvalue weighted by Crippen LogP contribution is 2.26. The first kappa shape index (κ1) is 14.8. The van der Waals surface area contributed by atoms with Crippen LogP contribution in [0.5, 0.6) is 0 Å². The number of nitrogens with zero attached hydrogens (tertiary/aromatic N) is 3. The Bertz CT molecular complexity index is 427. The fraction of sp³-hybridized carbons (Fsp3) is 0.643. The van der Waals surface area contributed by atoms with Gasteiger partial charge >= 0.3 is 0 Å². The summed E-state index contributed by atoms with van der Waals surface area (Å²) in [5.41, 5.74) is 0.900. The van der Waals surface area contributed by atoms with Crippen molar-refractivity contribution in [1.29, 1.82) is 0 Å². The van der Waals surface area contributed by atoms with Crippen LogP contribution in [0, 0.1) is 0 Å². The second-order valence-corrected chi connectivity index (χ2v) is 6.08. The maximum absolute atomic E-state index is 9.56.